The van der Waals surface area contributed by atoms with E-state index in [1.165, 1.54) is 0 Å². The molecular formula is C27H30NO7P. The molecule has 0 saturated carbocycles. The van der Waals surface area contributed by atoms with Crippen LogP contribution in [0.1, 0.15) is 23.1 Å². The molecule has 0 saturated heterocycles. The number of aliphatic hydroxyl groups is 1. The minimum atomic E-state index is -3.99. The van der Waals surface area contributed by atoms with Gasteiger partial charge in [0.2, 0.25) is 0 Å². The first-order valence-electron chi connectivity index (χ1n) is 11.7. The molecule has 0 spiro atoms. The Kier molecular flexibility index (Phi) is 9.81. The van der Waals surface area contributed by atoms with Crippen molar-refractivity contribution in [3.05, 3.63) is 108 Å². The van der Waals surface area contributed by atoms with E-state index in [1.807, 2.05) is 91.0 Å². The number of nitrogens with zero attached hydrogens (tertiary/aromatic N) is 1. The van der Waals surface area contributed by atoms with Gasteiger partial charge in [0, 0.05) is 6.42 Å². The standard InChI is InChI=1S/C27H30NO7P/c29-26(27-16-25(28-35-27)20-31-17-22-10-4-1-5-11-22)21-34-36(30,32-18-23-12-6-2-7-13-23)33-19-24-14-8-3-9-15-24/h1-15,26-27,29H,16-21H2/t26-,27+/m1/s1. The molecule has 0 unspecified atom stereocenters. The minimum Gasteiger partial charge on any atom is -0.389 e. The number of benzene rings is 3. The molecule has 0 aromatic heterocycles. The number of hydrogen-bond donors (Lipinski definition) is 1. The van der Waals surface area contributed by atoms with E-state index in [4.69, 9.17) is 23.1 Å². The summed E-state index contributed by atoms with van der Waals surface area (Å²) in [5.41, 5.74) is 3.37. The first kappa shape index (κ1) is 26.2. The summed E-state index contributed by atoms with van der Waals surface area (Å²) < 4.78 is 35.7. The molecule has 0 radical (unpaired) electrons. The van der Waals surface area contributed by atoms with Crippen molar-refractivity contribution in [3.63, 3.8) is 0 Å². The fourth-order valence-electron chi connectivity index (χ4n) is 3.44. The molecule has 9 heteroatoms. The summed E-state index contributed by atoms with van der Waals surface area (Å²) in [4.78, 5) is 5.36. The van der Waals surface area contributed by atoms with Crippen molar-refractivity contribution in [2.45, 2.75) is 38.4 Å². The zero-order valence-corrected chi connectivity index (χ0v) is 20.7. The maximum absolute atomic E-state index is 13.4. The molecule has 0 bridgehead atoms. The van der Waals surface area contributed by atoms with Crippen LogP contribution in [0.4, 0.5) is 0 Å². The normalized spacial score (nSPS) is 16.4. The second-order valence-corrected chi connectivity index (χ2v) is 9.98. The second-order valence-electron chi connectivity index (χ2n) is 8.31. The first-order chi connectivity index (χ1) is 17.6. The molecule has 0 amide bonds. The summed E-state index contributed by atoms with van der Waals surface area (Å²) in [6.07, 6.45) is -1.36. The van der Waals surface area contributed by atoms with E-state index < -0.39 is 20.0 Å². The van der Waals surface area contributed by atoms with Crippen molar-refractivity contribution in [2.75, 3.05) is 13.2 Å². The number of rotatable bonds is 14. The van der Waals surface area contributed by atoms with Gasteiger partial charge in [0.1, 0.15) is 6.10 Å². The van der Waals surface area contributed by atoms with Crippen molar-refractivity contribution < 1.29 is 32.8 Å². The Balaban J connectivity index is 1.26. The first-order valence-corrected chi connectivity index (χ1v) is 13.2. The highest BCUT2D eigenvalue weighted by molar-refractivity contribution is 7.48. The smallest absolute Gasteiger partial charge is 0.389 e. The van der Waals surface area contributed by atoms with Gasteiger partial charge in [-0.15, -0.1) is 0 Å². The second kappa shape index (κ2) is 13.5. The van der Waals surface area contributed by atoms with Crippen LogP contribution in [0.25, 0.3) is 0 Å². The van der Waals surface area contributed by atoms with Gasteiger partial charge in [-0.1, -0.05) is 96.2 Å². The van der Waals surface area contributed by atoms with Crippen molar-refractivity contribution in [1.29, 1.82) is 0 Å². The van der Waals surface area contributed by atoms with Crippen LogP contribution in [0.15, 0.2) is 96.2 Å². The van der Waals surface area contributed by atoms with Gasteiger partial charge in [0.25, 0.3) is 0 Å². The number of hydrogen-bond acceptors (Lipinski definition) is 8. The summed E-state index contributed by atoms with van der Waals surface area (Å²) in [7, 11) is -3.99. The lowest BCUT2D eigenvalue weighted by Crippen LogP contribution is -2.31. The van der Waals surface area contributed by atoms with E-state index >= 15 is 0 Å². The van der Waals surface area contributed by atoms with Crippen LogP contribution in [-0.2, 0) is 47.5 Å². The van der Waals surface area contributed by atoms with Crippen LogP contribution in [0.3, 0.4) is 0 Å². The van der Waals surface area contributed by atoms with Gasteiger partial charge in [-0.25, -0.2) is 4.57 Å². The summed E-state index contributed by atoms with van der Waals surface area (Å²) in [6, 6.07) is 28.4. The molecule has 8 nitrogen and oxygen atoms in total. The van der Waals surface area contributed by atoms with Gasteiger partial charge in [-0.2, -0.15) is 0 Å². The van der Waals surface area contributed by atoms with Gasteiger partial charge < -0.3 is 14.7 Å². The molecular weight excluding hydrogens is 481 g/mol. The maximum atomic E-state index is 13.4. The van der Waals surface area contributed by atoms with Gasteiger partial charge in [0.15, 0.2) is 6.10 Å². The fourth-order valence-corrected chi connectivity index (χ4v) is 4.62. The average molecular weight is 512 g/mol. The van der Waals surface area contributed by atoms with E-state index in [1.54, 1.807) is 0 Å². The Hall–Kier alpha value is -2.84. The molecule has 3 aromatic carbocycles. The molecule has 1 aliphatic rings. The van der Waals surface area contributed by atoms with Crippen molar-refractivity contribution in [1.82, 2.24) is 0 Å². The highest BCUT2D eigenvalue weighted by Crippen LogP contribution is 2.51. The summed E-state index contributed by atoms with van der Waals surface area (Å²) in [6.45, 7) is 0.512. The third kappa shape index (κ3) is 8.38. The zero-order valence-electron chi connectivity index (χ0n) is 19.8. The molecule has 3 aromatic rings. The van der Waals surface area contributed by atoms with Gasteiger partial charge in [0.05, 0.1) is 38.7 Å². The SMILES string of the molecule is O=P(OCc1ccccc1)(OCc1ccccc1)OC[C@@H](O)[C@@H]1CC(COCc2ccccc2)=NO1. The Bertz CT molecular complexity index is 1080. The number of ether oxygens (including phenoxy) is 1. The molecule has 190 valence electrons. The maximum Gasteiger partial charge on any atom is 0.475 e. The van der Waals surface area contributed by atoms with Crippen molar-refractivity contribution >= 4 is 13.5 Å². The van der Waals surface area contributed by atoms with Crippen LogP contribution in [0.2, 0.25) is 0 Å². The predicted octanol–water partition coefficient (Wildman–Crippen LogP) is 5.27. The topological polar surface area (TPSA) is 95.8 Å². The van der Waals surface area contributed by atoms with E-state index in [0.717, 1.165) is 16.7 Å². The monoisotopic (exact) mass is 511 g/mol. The lowest BCUT2D eigenvalue weighted by molar-refractivity contribution is -0.0438. The number of aliphatic hydroxyl groups excluding tert-OH is 1. The Morgan fingerprint density at radius 3 is 1.81 bits per heavy atom. The molecule has 2 atom stereocenters. The fraction of sp³-hybridized carbons (Fsp3) is 0.296. The van der Waals surface area contributed by atoms with Crippen LogP contribution in [0, 0.1) is 0 Å². The van der Waals surface area contributed by atoms with E-state index in [-0.39, 0.29) is 26.4 Å². The number of phosphoric ester groups is 1. The summed E-state index contributed by atoms with van der Waals surface area (Å²) in [5, 5.41) is 14.6. The van der Waals surface area contributed by atoms with Crippen molar-refractivity contribution in [2.24, 2.45) is 5.16 Å². The van der Waals surface area contributed by atoms with Crippen LogP contribution in [0.5, 0.6) is 0 Å². The lowest BCUT2D eigenvalue weighted by Gasteiger charge is -2.21. The third-order valence-electron chi connectivity index (χ3n) is 5.43. The molecule has 0 aliphatic carbocycles. The molecule has 1 aliphatic heterocycles. The molecule has 1 N–H and O–H groups in total. The predicted molar refractivity (Wildman–Crippen MR) is 135 cm³/mol. The van der Waals surface area contributed by atoms with Crippen LogP contribution in [-0.4, -0.2) is 36.2 Å². The molecule has 0 fully saturated rings. The van der Waals surface area contributed by atoms with E-state index in [2.05, 4.69) is 5.16 Å². The van der Waals surface area contributed by atoms with Gasteiger partial charge in [-0.05, 0) is 16.7 Å². The highest BCUT2D eigenvalue weighted by Gasteiger charge is 2.33. The summed E-state index contributed by atoms with van der Waals surface area (Å²) >= 11 is 0. The highest BCUT2D eigenvalue weighted by atomic mass is 31.2. The Morgan fingerprint density at radius 2 is 1.28 bits per heavy atom. The molecule has 4 rings (SSSR count). The van der Waals surface area contributed by atoms with Crippen LogP contribution < -0.4 is 0 Å². The molecule has 1 heterocycles. The number of phosphoric acid groups is 1. The third-order valence-corrected chi connectivity index (χ3v) is 6.79. The van der Waals surface area contributed by atoms with Gasteiger partial charge >= 0.3 is 7.82 Å². The minimum absolute atomic E-state index is 0.0367. The van der Waals surface area contributed by atoms with Gasteiger partial charge in [-0.3, -0.25) is 13.6 Å². The van der Waals surface area contributed by atoms with E-state index in [0.29, 0.717) is 18.7 Å². The Morgan fingerprint density at radius 1 is 0.778 bits per heavy atom. The lowest BCUT2D eigenvalue weighted by atomic mass is 10.1. The average Bonchev–Trinajstić information content (AvgIpc) is 3.41. The largest absolute Gasteiger partial charge is 0.475 e. The van der Waals surface area contributed by atoms with Crippen LogP contribution >= 0.6 is 7.82 Å². The zero-order chi connectivity index (χ0) is 25.1. The van der Waals surface area contributed by atoms with E-state index in [9.17, 15) is 9.67 Å². The molecule has 36 heavy (non-hydrogen) atoms. The van der Waals surface area contributed by atoms with Crippen molar-refractivity contribution in [3.8, 4) is 0 Å². The Labute approximate surface area is 211 Å². The number of oxime groups is 1. The summed E-state index contributed by atoms with van der Waals surface area (Å²) in [5.74, 6) is 0. The quantitative estimate of drug-likeness (QED) is 0.295.